The molecule has 2 aromatic carbocycles. The largest absolute Gasteiger partial charge is 0.476 e. The summed E-state index contributed by atoms with van der Waals surface area (Å²) in [5.41, 5.74) is 0.250. The van der Waals surface area contributed by atoms with Gasteiger partial charge in [-0.15, -0.1) is 0 Å². The Bertz CT molecular complexity index is 1180. The number of likely N-dealkylation sites (tertiary alicyclic amines) is 1. The van der Waals surface area contributed by atoms with Crippen molar-refractivity contribution in [3.63, 3.8) is 0 Å². The molecule has 2 aliphatic heterocycles. The highest BCUT2D eigenvalue weighted by Crippen LogP contribution is 2.38. The highest BCUT2D eigenvalue weighted by atomic mass is 35.5. The summed E-state index contributed by atoms with van der Waals surface area (Å²) < 4.78 is 11.6. The molecular weight excluding hydrogens is 501 g/mol. The number of amides is 2. The second kappa shape index (κ2) is 10.2. The zero-order chi connectivity index (χ0) is 26.1. The third-order valence-corrected chi connectivity index (χ3v) is 6.93. The molecule has 2 aromatic rings. The maximum absolute atomic E-state index is 13.5. The van der Waals surface area contributed by atoms with Crippen molar-refractivity contribution < 1.29 is 19.1 Å². The molecule has 1 saturated heterocycles. The zero-order valence-electron chi connectivity index (χ0n) is 20.6. The minimum Gasteiger partial charge on any atom is -0.476 e. The van der Waals surface area contributed by atoms with E-state index >= 15 is 0 Å². The lowest BCUT2D eigenvalue weighted by Gasteiger charge is -2.41. The molecule has 4 rings (SSSR count). The summed E-state index contributed by atoms with van der Waals surface area (Å²) in [6.07, 6.45) is 0.233. The molecule has 0 saturated carbocycles. The normalized spacial score (nSPS) is 19.1. The molecule has 1 fully saturated rings. The second-order valence-electron chi connectivity index (χ2n) is 10.3. The van der Waals surface area contributed by atoms with Crippen LogP contribution in [0.25, 0.3) is 0 Å². The Kier molecular flexibility index (Phi) is 7.40. The van der Waals surface area contributed by atoms with E-state index in [0.717, 1.165) is 5.56 Å². The van der Waals surface area contributed by atoms with Gasteiger partial charge in [0.1, 0.15) is 11.4 Å². The first-order chi connectivity index (χ1) is 17.0. The summed E-state index contributed by atoms with van der Waals surface area (Å²) in [5.74, 6) is 0.170. The van der Waals surface area contributed by atoms with Crippen LogP contribution in [0.2, 0.25) is 10.0 Å². The molecule has 2 aliphatic rings. The van der Waals surface area contributed by atoms with Crippen LogP contribution in [-0.2, 0) is 16.0 Å². The molecule has 2 heterocycles. The average molecular weight is 530 g/mol. The van der Waals surface area contributed by atoms with E-state index in [-0.39, 0.29) is 12.5 Å². The molecule has 0 radical (unpaired) electrons. The van der Waals surface area contributed by atoms with Crippen molar-refractivity contribution in [2.24, 2.45) is 5.41 Å². The zero-order valence-corrected chi connectivity index (χ0v) is 22.1. The molecule has 0 N–H and O–H groups in total. The van der Waals surface area contributed by atoms with Gasteiger partial charge < -0.3 is 14.4 Å². The monoisotopic (exact) mass is 529 g/mol. The summed E-state index contributed by atoms with van der Waals surface area (Å²) in [4.78, 5) is 29.6. The molecule has 9 heteroatoms. The average Bonchev–Trinajstić information content (AvgIpc) is 2.84. The van der Waals surface area contributed by atoms with Crippen molar-refractivity contribution in [2.75, 3.05) is 24.5 Å². The van der Waals surface area contributed by atoms with E-state index < -0.39 is 23.2 Å². The molecule has 0 spiro atoms. The van der Waals surface area contributed by atoms with Gasteiger partial charge in [-0.1, -0.05) is 35.3 Å². The molecule has 1 atom stereocenters. The van der Waals surface area contributed by atoms with Crippen molar-refractivity contribution >= 4 is 40.9 Å². The van der Waals surface area contributed by atoms with Crippen LogP contribution in [0.15, 0.2) is 42.5 Å². The third-order valence-electron chi connectivity index (χ3n) is 6.44. The number of anilines is 1. The number of piperidine rings is 1. The fourth-order valence-electron chi connectivity index (χ4n) is 4.55. The molecule has 0 aromatic heterocycles. The van der Waals surface area contributed by atoms with Gasteiger partial charge >= 0.3 is 6.09 Å². The topological polar surface area (TPSA) is 82.9 Å². The standard InChI is InChI=1S/C27H29Cl2N3O4/c1-26(2,3)36-25(34)32-16-23(35-22-9-8-20(29)14-21(22)32)24(33)31-12-10-27(17-30,11-13-31)15-18-4-6-19(28)7-5-18/h4-9,14,23H,10-13,15-16H2,1-3H3. The number of ether oxygens (including phenoxy) is 2. The lowest BCUT2D eigenvalue weighted by atomic mass is 9.75. The SMILES string of the molecule is CC(C)(C)OC(=O)N1CC(C(=O)N2CCC(C#N)(Cc3ccc(Cl)cc3)CC2)Oc2ccc(Cl)cc21. The predicted octanol–water partition coefficient (Wildman–Crippen LogP) is 5.87. The molecule has 1 unspecified atom stereocenters. The van der Waals surface area contributed by atoms with Crippen LogP contribution < -0.4 is 9.64 Å². The van der Waals surface area contributed by atoms with Crippen LogP contribution in [0.4, 0.5) is 10.5 Å². The summed E-state index contributed by atoms with van der Waals surface area (Å²) >= 11 is 12.2. The lowest BCUT2D eigenvalue weighted by molar-refractivity contribution is -0.140. The Balaban J connectivity index is 1.47. The minimum atomic E-state index is -0.892. The van der Waals surface area contributed by atoms with Gasteiger partial charge in [0, 0.05) is 23.1 Å². The van der Waals surface area contributed by atoms with E-state index in [4.69, 9.17) is 32.7 Å². The first-order valence-corrected chi connectivity index (χ1v) is 12.7. The van der Waals surface area contributed by atoms with E-state index in [1.54, 1.807) is 43.9 Å². The number of halogens is 2. The van der Waals surface area contributed by atoms with Crippen LogP contribution in [0.3, 0.4) is 0 Å². The summed E-state index contributed by atoms with van der Waals surface area (Å²) in [7, 11) is 0. The van der Waals surface area contributed by atoms with E-state index in [0.29, 0.717) is 53.8 Å². The third kappa shape index (κ3) is 5.88. The van der Waals surface area contributed by atoms with E-state index in [9.17, 15) is 14.9 Å². The Morgan fingerprint density at radius 3 is 2.36 bits per heavy atom. The second-order valence-corrected chi connectivity index (χ2v) is 11.2. The Hall–Kier alpha value is -2.95. The van der Waals surface area contributed by atoms with Crippen molar-refractivity contribution in [2.45, 2.75) is 51.7 Å². The van der Waals surface area contributed by atoms with E-state index in [1.165, 1.54) is 4.90 Å². The summed E-state index contributed by atoms with van der Waals surface area (Å²) in [6.45, 7) is 6.22. The molecule has 190 valence electrons. The highest BCUT2D eigenvalue weighted by Gasteiger charge is 2.41. The van der Waals surface area contributed by atoms with Gasteiger partial charge in [-0.05, 0) is 75.9 Å². The van der Waals surface area contributed by atoms with Crippen LogP contribution in [0.5, 0.6) is 5.75 Å². The molecular formula is C27H29Cl2N3O4. The Morgan fingerprint density at radius 2 is 1.75 bits per heavy atom. The van der Waals surface area contributed by atoms with Gasteiger partial charge in [-0.3, -0.25) is 9.69 Å². The highest BCUT2D eigenvalue weighted by molar-refractivity contribution is 6.31. The van der Waals surface area contributed by atoms with Crippen molar-refractivity contribution in [3.8, 4) is 11.8 Å². The van der Waals surface area contributed by atoms with Crippen LogP contribution >= 0.6 is 23.2 Å². The predicted molar refractivity (Wildman–Crippen MR) is 138 cm³/mol. The summed E-state index contributed by atoms with van der Waals surface area (Å²) in [6, 6.07) is 14.9. The number of hydrogen-bond donors (Lipinski definition) is 0. The fraction of sp³-hybridized carbons (Fsp3) is 0.444. The van der Waals surface area contributed by atoms with Gasteiger partial charge in [0.2, 0.25) is 0 Å². The molecule has 0 aliphatic carbocycles. The molecule has 36 heavy (non-hydrogen) atoms. The van der Waals surface area contributed by atoms with Crippen molar-refractivity contribution in [1.29, 1.82) is 5.26 Å². The fourth-order valence-corrected chi connectivity index (χ4v) is 4.85. The maximum Gasteiger partial charge on any atom is 0.415 e. The quantitative estimate of drug-likeness (QED) is 0.496. The van der Waals surface area contributed by atoms with E-state index in [2.05, 4.69) is 6.07 Å². The number of hydrogen-bond acceptors (Lipinski definition) is 5. The van der Waals surface area contributed by atoms with Crippen molar-refractivity contribution in [1.82, 2.24) is 4.90 Å². The van der Waals surface area contributed by atoms with Gasteiger partial charge in [0.05, 0.1) is 23.7 Å². The number of nitriles is 1. The van der Waals surface area contributed by atoms with Crippen molar-refractivity contribution in [3.05, 3.63) is 58.1 Å². The first-order valence-electron chi connectivity index (χ1n) is 11.9. The Labute approximate surface area is 221 Å². The maximum atomic E-state index is 13.5. The number of carbonyl (C=O) groups excluding carboxylic acids is 2. The van der Waals surface area contributed by atoms with Gasteiger partial charge in [-0.2, -0.15) is 5.26 Å². The molecule has 2 amide bonds. The number of rotatable bonds is 3. The van der Waals surface area contributed by atoms with Gasteiger partial charge in [0.25, 0.3) is 5.91 Å². The number of carbonyl (C=O) groups is 2. The molecule has 7 nitrogen and oxygen atoms in total. The summed E-state index contributed by atoms with van der Waals surface area (Å²) in [5, 5.41) is 11.1. The number of benzene rings is 2. The lowest BCUT2D eigenvalue weighted by Crippen LogP contribution is -2.54. The van der Waals surface area contributed by atoms with Crippen LogP contribution in [0.1, 0.15) is 39.2 Å². The minimum absolute atomic E-state index is 0.00571. The Morgan fingerprint density at radius 1 is 1.11 bits per heavy atom. The van der Waals surface area contributed by atoms with Crippen LogP contribution in [-0.4, -0.2) is 48.2 Å². The van der Waals surface area contributed by atoms with Gasteiger partial charge in [-0.25, -0.2) is 4.79 Å². The number of fused-ring (bicyclic) bond motifs is 1. The van der Waals surface area contributed by atoms with E-state index in [1.807, 2.05) is 24.3 Å². The number of nitrogens with zero attached hydrogens (tertiary/aromatic N) is 3. The first kappa shape index (κ1) is 26.1. The van der Waals surface area contributed by atoms with Gasteiger partial charge in [0.15, 0.2) is 6.10 Å². The smallest absolute Gasteiger partial charge is 0.415 e. The molecule has 0 bridgehead atoms. The van der Waals surface area contributed by atoms with Crippen LogP contribution in [0, 0.1) is 16.7 Å².